The third kappa shape index (κ3) is 1.97. The molecule has 2 rings (SSSR count). The fourth-order valence-corrected chi connectivity index (χ4v) is 1.74. The Hall–Kier alpha value is -1.10. The number of nitrogens with zero attached hydrogens (tertiary/aromatic N) is 1. The second kappa shape index (κ2) is 3.48. The van der Waals surface area contributed by atoms with E-state index >= 15 is 0 Å². The Balaban J connectivity index is 2.70. The van der Waals surface area contributed by atoms with Crippen molar-refractivity contribution in [2.24, 2.45) is 0 Å². The summed E-state index contributed by atoms with van der Waals surface area (Å²) in [6.45, 7) is 0. The largest absolute Gasteiger partial charge is 0.417 e. The number of aromatic nitrogens is 1. The van der Waals surface area contributed by atoms with Crippen LogP contribution in [0.15, 0.2) is 34.9 Å². The number of halogens is 4. The second-order valence-electron chi connectivity index (χ2n) is 3.03. The van der Waals surface area contributed by atoms with E-state index in [2.05, 4.69) is 20.9 Å². The highest BCUT2D eigenvalue weighted by atomic mass is 79.9. The van der Waals surface area contributed by atoms with Crippen LogP contribution in [-0.2, 0) is 6.18 Å². The predicted molar refractivity (Wildman–Crippen MR) is 54.4 cm³/mol. The van der Waals surface area contributed by atoms with E-state index in [1.165, 1.54) is 0 Å². The Bertz CT molecular complexity index is 507. The van der Waals surface area contributed by atoms with Crippen LogP contribution in [-0.4, -0.2) is 4.98 Å². The minimum Gasteiger partial charge on any atom is -0.256 e. The van der Waals surface area contributed by atoms with Crippen LogP contribution in [0, 0.1) is 0 Å². The Morgan fingerprint density at radius 3 is 2.60 bits per heavy atom. The lowest BCUT2D eigenvalue weighted by atomic mass is 10.1. The molecule has 0 amide bonds. The van der Waals surface area contributed by atoms with Gasteiger partial charge >= 0.3 is 6.18 Å². The van der Waals surface area contributed by atoms with Gasteiger partial charge < -0.3 is 0 Å². The molecule has 0 aliphatic rings. The molecule has 0 fully saturated rings. The fourth-order valence-electron chi connectivity index (χ4n) is 1.27. The average molecular weight is 276 g/mol. The van der Waals surface area contributed by atoms with Crippen molar-refractivity contribution < 1.29 is 13.2 Å². The summed E-state index contributed by atoms with van der Waals surface area (Å²) >= 11 is 3.19. The molecule has 0 atom stereocenters. The van der Waals surface area contributed by atoms with Crippen molar-refractivity contribution in [3.63, 3.8) is 0 Å². The van der Waals surface area contributed by atoms with E-state index in [1.807, 2.05) is 0 Å². The number of fused-ring (bicyclic) bond motifs is 1. The molecule has 0 bridgehead atoms. The van der Waals surface area contributed by atoms with Gasteiger partial charge in [-0.15, -0.1) is 0 Å². The highest BCUT2D eigenvalue weighted by molar-refractivity contribution is 9.10. The molecule has 5 heteroatoms. The number of benzene rings is 1. The van der Waals surface area contributed by atoms with E-state index in [0.717, 1.165) is 12.3 Å². The van der Waals surface area contributed by atoms with Crippen molar-refractivity contribution in [1.82, 2.24) is 4.98 Å². The summed E-state index contributed by atoms with van der Waals surface area (Å²) in [7, 11) is 0. The SMILES string of the molecule is FC(F)(F)c1cnc2cccc(Br)c2c1. The molecular weight excluding hydrogens is 271 g/mol. The fraction of sp³-hybridized carbons (Fsp3) is 0.100. The van der Waals surface area contributed by atoms with Crippen LogP contribution in [0.1, 0.15) is 5.56 Å². The zero-order valence-electron chi connectivity index (χ0n) is 7.35. The summed E-state index contributed by atoms with van der Waals surface area (Å²) < 4.78 is 37.8. The Morgan fingerprint density at radius 1 is 1.20 bits per heavy atom. The summed E-state index contributed by atoms with van der Waals surface area (Å²) in [6.07, 6.45) is -3.51. The van der Waals surface area contributed by atoms with Gasteiger partial charge in [0.25, 0.3) is 0 Å². The maximum absolute atomic E-state index is 12.4. The predicted octanol–water partition coefficient (Wildman–Crippen LogP) is 4.02. The van der Waals surface area contributed by atoms with Gasteiger partial charge in [0, 0.05) is 16.1 Å². The average Bonchev–Trinajstić information content (AvgIpc) is 2.16. The van der Waals surface area contributed by atoms with Crippen LogP contribution in [0.3, 0.4) is 0 Å². The van der Waals surface area contributed by atoms with Gasteiger partial charge in [-0.1, -0.05) is 22.0 Å². The molecule has 1 aromatic carbocycles. The number of rotatable bonds is 0. The zero-order valence-corrected chi connectivity index (χ0v) is 8.93. The Labute approximate surface area is 92.1 Å². The number of alkyl halides is 3. The van der Waals surface area contributed by atoms with E-state index < -0.39 is 11.7 Å². The van der Waals surface area contributed by atoms with Crippen LogP contribution in [0.2, 0.25) is 0 Å². The first-order valence-corrected chi connectivity index (χ1v) is 4.89. The topological polar surface area (TPSA) is 12.9 Å². The molecule has 0 saturated heterocycles. The third-order valence-electron chi connectivity index (χ3n) is 2.00. The minimum absolute atomic E-state index is 0.465. The van der Waals surface area contributed by atoms with Crippen molar-refractivity contribution in [3.8, 4) is 0 Å². The molecule has 1 nitrogen and oxygen atoms in total. The van der Waals surface area contributed by atoms with E-state index in [-0.39, 0.29) is 0 Å². The summed E-state index contributed by atoms with van der Waals surface area (Å²) in [5, 5.41) is 0.465. The lowest BCUT2D eigenvalue weighted by Gasteiger charge is -2.07. The van der Waals surface area contributed by atoms with Gasteiger partial charge in [-0.25, -0.2) is 0 Å². The van der Waals surface area contributed by atoms with E-state index in [4.69, 9.17) is 0 Å². The normalized spacial score (nSPS) is 12.0. The van der Waals surface area contributed by atoms with E-state index in [0.29, 0.717) is 15.4 Å². The smallest absolute Gasteiger partial charge is 0.256 e. The number of hydrogen-bond acceptors (Lipinski definition) is 1. The standard InChI is InChI=1S/C10H5BrF3N/c11-8-2-1-3-9-7(8)4-6(5-15-9)10(12,13)14/h1-5H. The van der Waals surface area contributed by atoms with Gasteiger partial charge in [-0.3, -0.25) is 4.98 Å². The molecule has 0 aliphatic heterocycles. The first-order valence-electron chi connectivity index (χ1n) is 4.10. The van der Waals surface area contributed by atoms with Crippen LogP contribution in [0.4, 0.5) is 13.2 Å². The lowest BCUT2D eigenvalue weighted by Crippen LogP contribution is -2.05. The first-order chi connectivity index (χ1) is 6.98. The highest BCUT2D eigenvalue weighted by Gasteiger charge is 2.31. The zero-order chi connectivity index (χ0) is 11.1. The van der Waals surface area contributed by atoms with Gasteiger partial charge in [0.05, 0.1) is 11.1 Å². The molecule has 0 N–H and O–H groups in total. The molecule has 1 heterocycles. The molecule has 0 radical (unpaired) electrons. The molecule has 0 spiro atoms. The molecule has 0 saturated carbocycles. The molecule has 1 aromatic heterocycles. The highest BCUT2D eigenvalue weighted by Crippen LogP contribution is 2.32. The van der Waals surface area contributed by atoms with Gasteiger partial charge in [-0.2, -0.15) is 13.2 Å². The molecule has 2 aromatic rings. The van der Waals surface area contributed by atoms with Crippen molar-refractivity contribution in [2.45, 2.75) is 6.18 Å². The summed E-state index contributed by atoms with van der Waals surface area (Å²) in [4.78, 5) is 3.76. The molecule has 0 unspecified atom stereocenters. The first kappa shape index (κ1) is 10.4. The lowest BCUT2D eigenvalue weighted by molar-refractivity contribution is -0.137. The van der Waals surface area contributed by atoms with E-state index in [9.17, 15) is 13.2 Å². The van der Waals surface area contributed by atoms with Crippen molar-refractivity contribution in [1.29, 1.82) is 0 Å². The van der Waals surface area contributed by atoms with Crippen LogP contribution in [0.25, 0.3) is 10.9 Å². The van der Waals surface area contributed by atoms with Crippen LogP contribution < -0.4 is 0 Å². The quantitative estimate of drug-likeness (QED) is 0.708. The third-order valence-corrected chi connectivity index (χ3v) is 2.69. The van der Waals surface area contributed by atoms with Crippen molar-refractivity contribution in [2.75, 3.05) is 0 Å². The monoisotopic (exact) mass is 275 g/mol. The number of pyridine rings is 1. The van der Waals surface area contributed by atoms with Crippen molar-refractivity contribution >= 4 is 26.8 Å². The minimum atomic E-state index is -4.35. The van der Waals surface area contributed by atoms with Gasteiger partial charge in [0.2, 0.25) is 0 Å². The number of hydrogen-bond donors (Lipinski definition) is 0. The maximum atomic E-state index is 12.4. The van der Waals surface area contributed by atoms with Gasteiger partial charge in [-0.05, 0) is 18.2 Å². The summed E-state index contributed by atoms with van der Waals surface area (Å²) in [5.41, 5.74) is -0.195. The molecule has 15 heavy (non-hydrogen) atoms. The van der Waals surface area contributed by atoms with Crippen LogP contribution >= 0.6 is 15.9 Å². The van der Waals surface area contributed by atoms with Crippen LogP contribution in [0.5, 0.6) is 0 Å². The van der Waals surface area contributed by atoms with Crippen molar-refractivity contribution in [3.05, 3.63) is 40.5 Å². The summed E-state index contributed by atoms with van der Waals surface area (Å²) in [5.74, 6) is 0. The second-order valence-corrected chi connectivity index (χ2v) is 3.88. The molecule has 0 aliphatic carbocycles. The van der Waals surface area contributed by atoms with Gasteiger partial charge in [0.1, 0.15) is 0 Å². The molecule has 78 valence electrons. The summed E-state index contributed by atoms with van der Waals surface area (Å²) in [6, 6.07) is 6.17. The Morgan fingerprint density at radius 2 is 1.93 bits per heavy atom. The Kier molecular flexibility index (Phi) is 2.42. The molecular formula is C10H5BrF3N. The van der Waals surface area contributed by atoms with Gasteiger partial charge in [0.15, 0.2) is 0 Å². The van der Waals surface area contributed by atoms with E-state index in [1.54, 1.807) is 18.2 Å². The maximum Gasteiger partial charge on any atom is 0.417 e.